The van der Waals surface area contributed by atoms with Gasteiger partial charge in [-0.2, -0.15) is 5.01 Å². The zero-order valence-corrected chi connectivity index (χ0v) is 19.4. The molecule has 3 aromatic rings. The van der Waals surface area contributed by atoms with Crippen LogP contribution in [0.1, 0.15) is 43.5 Å². The first-order valence-corrected chi connectivity index (χ1v) is 12.2. The van der Waals surface area contributed by atoms with Gasteiger partial charge >= 0.3 is 6.03 Å². The molecule has 9 nitrogen and oxygen atoms in total. The van der Waals surface area contributed by atoms with Gasteiger partial charge < -0.3 is 5.32 Å². The summed E-state index contributed by atoms with van der Waals surface area (Å²) in [4.78, 5) is 43.0. The number of hydrogen-bond acceptors (Lipinski definition) is 6. The molecule has 34 heavy (non-hydrogen) atoms. The summed E-state index contributed by atoms with van der Waals surface area (Å²) in [5.74, 6) is 0.232. The lowest BCUT2D eigenvalue weighted by Crippen LogP contribution is -2.49. The number of carbonyl (C=O) groups excluding carboxylic acids is 3. The van der Waals surface area contributed by atoms with Gasteiger partial charge in [0.05, 0.1) is 11.4 Å². The third-order valence-corrected chi connectivity index (χ3v) is 6.85. The maximum Gasteiger partial charge on any atom is 0.344 e. The second kappa shape index (κ2) is 8.94. The van der Waals surface area contributed by atoms with Crippen LogP contribution in [0.3, 0.4) is 0 Å². The van der Waals surface area contributed by atoms with E-state index in [1.165, 1.54) is 11.8 Å². The molecule has 2 fully saturated rings. The highest BCUT2D eigenvalue weighted by atomic mass is 32.2. The molecule has 1 saturated carbocycles. The number of rotatable bonds is 8. The van der Waals surface area contributed by atoms with Crippen LogP contribution in [-0.2, 0) is 15.1 Å². The number of amides is 4. The van der Waals surface area contributed by atoms with E-state index < -0.39 is 23.4 Å². The van der Waals surface area contributed by atoms with Gasteiger partial charge in [0.25, 0.3) is 5.91 Å². The summed E-state index contributed by atoms with van der Waals surface area (Å²) in [5.41, 5.74) is 2.84. The second-order valence-electron chi connectivity index (χ2n) is 8.29. The van der Waals surface area contributed by atoms with Crippen molar-refractivity contribution in [3.8, 4) is 5.69 Å². The molecule has 0 bridgehead atoms. The van der Waals surface area contributed by atoms with Crippen LogP contribution in [0.2, 0.25) is 0 Å². The lowest BCUT2D eigenvalue weighted by atomic mass is 9.87. The third kappa shape index (κ3) is 4.05. The number of thioether (sulfide) groups is 1. The third-order valence-electron chi connectivity index (χ3n) is 6.01. The van der Waals surface area contributed by atoms with E-state index in [1.54, 1.807) is 12.1 Å². The Kier molecular flexibility index (Phi) is 5.82. The van der Waals surface area contributed by atoms with Crippen molar-refractivity contribution < 1.29 is 14.4 Å². The molecule has 2 aliphatic rings. The first-order valence-electron chi connectivity index (χ1n) is 11.2. The minimum absolute atomic E-state index is 0.0373. The van der Waals surface area contributed by atoms with Gasteiger partial charge in [-0.25, -0.2) is 14.5 Å². The Balaban J connectivity index is 1.26. The van der Waals surface area contributed by atoms with Crippen LogP contribution in [0, 0.1) is 0 Å². The lowest BCUT2D eigenvalue weighted by Gasteiger charge is -2.25. The van der Waals surface area contributed by atoms with Crippen LogP contribution in [0.15, 0.2) is 65.8 Å². The molecule has 1 unspecified atom stereocenters. The van der Waals surface area contributed by atoms with Gasteiger partial charge in [0, 0.05) is 5.92 Å². The summed E-state index contributed by atoms with van der Waals surface area (Å²) < 4.78 is 1.82. The first-order chi connectivity index (χ1) is 16.5. The van der Waals surface area contributed by atoms with Crippen molar-refractivity contribution in [1.82, 2.24) is 30.5 Å². The Labute approximate surface area is 200 Å². The first kappa shape index (κ1) is 22.1. The van der Waals surface area contributed by atoms with Crippen molar-refractivity contribution in [3.05, 3.63) is 72.1 Å². The molecule has 0 radical (unpaired) electrons. The maximum absolute atomic E-state index is 13.2. The van der Waals surface area contributed by atoms with Gasteiger partial charge in [-0.15, -0.1) is 5.10 Å². The highest BCUT2D eigenvalue weighted by Gasteiger charge is 2.52. The molecular weight excluding hydrogens is 452 g/mol. The number of carbonyl (C=O) groups is 3. The van der Waals surface area contributed by atoms with Crippen LogP contribution in [0.25, 0.3) is 5.69 Å². The van der Waals surface area contributed by atoms with Crippen LogP contribution in [-0.4, -0.2) is 43.4 Å². The van der Waals surface area contributed by atoms with Gasteiger partial charge in [-0.3, -0.25) is 15.0 Å². The minimum atomic E-state index is -1.20. The van der Waals surface area contributed by atoms with E-state index in [0.29, 0.717) is 23.1 Å². The zero-order valence-electron chi connectivity index (χ0n) is 18.6. The molecule has 1 saturated heterocycles. The molecule has 5 rings (SSSR count). The number of aromatic nitrogens is 3. The van der Waals surface area contributed by atoms with Crippen molar-refractivity contribution in [3.63, 3.8) is 0 Å². The summed E-state index contributed by atoms with van der Waals surface area (Å²) in [5, 5.41) is 8.57. The molecule has 2 heterocycles. The number of nitrogens with one attached hydrogen (secondary N) is 2. The summed E-state index contributed by atoms with van der Waals surface area (Å²) >= 11 is 1.17. The number of para-hydroxylation sites is 1. The molecule has 1 aliphatic heterocycles. The molecule has 10 heteroatoms. The number of urea groups is 1. The summed E-state index contributed by atoms with van der Waals surface area (Å²) in [7, 11) is 0. The Hall–Kier alpha value is -3.66. The largest absolute Gasteiger partial charge is 0.344 e. The van der Waals surface area contributed by atoms with Gasteiger partial charge in [0.15, 0.2) is 0 Å². The van der Waals surface area contributed by atoms with Crippen LogP contribution < -0.4 is 10.7 Å². The maximum atomic E-state index is 13.2. The molecule has 0 spiro atoms. The molecule has 1 aliphatic carbocycles. The SMILES string of the molecule is CCC1(c2ccccc2)NC(=O)N(NC(=O)CSc2nc(C3CC3)n(-c3ccccc3)n2)C1=O. The number of hydrogen-bond donors (Lipinski definition) is 2. The standard InChI is InChI=1S/C24H24N6O3S/c1-2-24(17-9-5-3-6-10-17)21(32)30(23(33)26-24)27-19(31)15-34-22-25-20(16-13-14-16)29(28-22)18-11-7-4-8-12-18/h3-12,16H,2,13-15H2,1H3,(H,26,33)(H,27,31). The van der Waals surface area contributed by atoms with Crippen LogP contribution in [0.4, 0.5) is 4.79 Å². The fraction of sp³-hybridized carbons (Fsp3) is 0.292. The normalized spacial score (nSPS) is 19.9. The van der Waals surface area contributed by atoms with E-state index in [2.05, 4.69) is 20.8 Å². The average molecular weight is 477 g/mol. The Bertz CT molecular complexity index is 1230. The molecule has 174 valence electrons. The van der Waals surface area contributed by atoms with Gasteiger partial charge in [0.2, 0.25) is 11.1 Å². The van der Waals surface area contributed by atoms with Crippen molar-refractivity contribution in [2.75, 3.05) is 5.75 Å². The minimum Gasteiger partial charge on any atom is -0.318 e. The quantitative estimate of drug-likeness (QED) is 0.382. The Morgan fingerprint density at radius 2 is 1.79 bits per heavy atom. The molecule has 4 amide bonds. The molecular formula is C24H24N6O3S. The Morgan fingerprint density at radius 1 is 1.12 bits per heavy atom. The fourth-order valence-corrected chi connectivity index (χ4v) is 4.68. The highest BCUT2D eigenvalue weighted by Crippen LogP contribution is 2.40. The Morgan fingerprint density at radius 3 is 2.44 bits per heavy atom. The van der Waals surface area contributed by atoms with Crippen molar-refractivity contribution in [1.29, 1.82) is 0 Å². The lowest BCUT2D eigenvalue weighted by molar-refractivity contribution is -0.138. The molecule has 1 atom stereocenters. The number of nitrogens with zero attached hydrogens (tertiary/aromatic N) is 4. The van der Waals surface area contributed by atoms with Crippen LogP contribution >= 0.6 is 11.8 Å². The van der Waals surface area contributed by atoms with E-state index in [4.69, 9.17) is 0 Å². The van der Waals surface area contributed by atoms with E-state index >= 15 is 0 Å². The highest BCUT2D eigenvalue weighted by molar-refractivity contribution is 7.99. The zero-order chi connectivity index (χ0) is 23.7. The predicted octanol–water partition coefficient (Wildman–Crippen LogP) is 3.13. The predicted molar refractivity (Wildman–Crippen MR) is 126 cm³/mol. The summed E-state index contributed by atoms with van der Waals surface area (Å²) in [6, 6.07) is 18.1. The number of benzene rings is 2. The van der Waals surface area contributed by atoms with E-state index in [9.17, 15) is 14.4 Å². The monoisotopic (exact) mass is 476 g/mol. The topological polar surface area (TPSA) is 109 Å². The summed E-state index contributed by atoms with van der Waals surface area (Å²) in [6.07, 6.45) is 2.50. The van der Waals surface area contributed by atoms with Crippen LogP contribution in [0.5, 0.6) is 0 Å². The second-order valence-corrected chi connectivity index (χ2v) is 9.24. The average Bonchev–Trinajstić information content (AvgIpc) is 3.58. The van der Waals surface area contributed by atoms with Crippen molar-refractivity contribution in [2.45, 2.75) is 42.8 Å². The van der Waals surface area contributed by atoms with Gasteiger partial charge in [-0.1, -0.05) is 67.2 Å². The molecule has 2 aromatic carbocycles. The van der Waals surface area contributed by atoms with E-state index in [-0.39, 0.29) is 5.75 Å². The van der Waals surface area contributed by atoms with Crippen molar-refractivity contribution in [2.24, 2.45) is 0 Å². The molecule has 2 N–H and O–H groups in total. The van der Waals surface area contributed by atoms with Crippen molar-refractivity contribution >= 4 is 29.6 Å². The number of hydrazine groups is 1. The van der Waals surface area contributed by atoms with Gasteiger partial charge in [0.1, 0.15) is 11.4 Å². The fourth-order valence-electron chi connectivity index (χ4n) is 4.06. The smallest absolute Gasteiger partial charge is 0.318 e. The molecule has 1 aromatic heterocycles. The van der Waals surface area contributed by atoms with Gasteiger partial charge in [-0.05, 0) is 37.0 Å². The van der Waals surface area contributed by atoms with E-state index in [0.717, 1.165) is 29.4 Å². The summed E-state index contributed by atoms with van der Waals surface area (Å²) in [6.45, 7) is 1.82. The number of imide groups is 1. The van der Waals surface area contributed by atoms with E-state index in [1.807, 2.05) is 60.1 Å².